The standard InChI is InChI=1S/C12H16FN/c1-9-3-5-10(6-4-9)11-12(2,13)7-8-14-11/h3-6,11,14H,7-8H2,1-2H3. The van der Waals surface area contributed by atoms with Crippen LogP contribution in [0.1, 0.15) is 30.5 Å². The van der Waals surface area contributed by atoms with Gasteiger partial charge in [-0.15, -0.1) is 0 Å². The third kappa shape index (κ3) is 1.67. The van der Waals surface area contributed by atoms with Crippen molar-refractivity contribution < 1.29 is 4.39 Å². The maximum atomic E-state index is 14.0. The van der Waals surface area contributed by atoms with E-state index in [1.807, 2.05) is 31.2 Å². The molecule has 0 bridgehead atoms. The number of halogens is 1. The van der Waals surface area contributed by atoms with Crippen LogP contribution in [0.2, 0.25) is 0 Å². The molecule has 2 atom stereocenters. The summed E-state index contributed by atoms with van der Waals surface area (Å²) in [5, 5.41) is 3.21. The molecule has 14 heavy (non-hydrogen) atoms. The Morgan fingerprint density at radius 1 is 1.36 bits per heavy atom. The smallest absolute Gasteiger partial charge is 0.128 e. The highest BCUT2D eigenvalue weighted by Gasteiger charge is 2.39. The van der Waals surface area contributed by atoms with Crippen LogP contribution in [0.15, 0.2) is 24.3 Å². The quantitative estimate of drug-likeness (QED) is 0.723. The maximum Gasteiger partial charge on any atom is 0.128 e. The summed E-state index contributed by atoms with van der Waals surface area (Å²) in [5.74, 6) is 0. The zero-order chi connectivity index (χ0) is 10.2. The van der Waals surface area contributed by atoms with E-state index in [0.29, 0.717) is 6.42 Å². The molecule has 2 rings (SSSR count). The summed E-state index contributed by atoms with van der Waals surface area (Å²) in [6, 6.07) is 7.95. The molecule has 0 amide bonds. The second-order valence-corrected chi connectivity index (χ2v) is 4.33. The number of hydrogen-bond acceptors (Lipinski definition) is 1. The zero-order valence-electron chi connectivity index (χ0n) is 8.68. The molecule has 76 valence electrons. The van der Waals surface area contributed by atoms with E-state index in [1.165, 1.54) is 5.56 Å². The van der Waals surface area contributed by atoms with Crippen LogP contribution < -0.4 is 5.32 Å². The van der Waals surface area contributed by atoms with Crippen molar-refractivity contribution in [1.29, 1.82) is 0 Å². The van der Waals surface area contributed by atoms with Crippen molar-refractivity contribution in [2.24, 2.45) is 0 Å². The molecule has 1 nitrogen and oxygen atoms in total. The summed E-state index contributed by atoms with van der Waals surface area (Å²) in [4.78, 5) is 0. The van der Waals surface area contributed by atoms with Gasteiger partial charge in [0.2, 0.25) is 0 Å². The lowest BCUT2D eigenvalue weighted by Crippen LogP contribution is -2.27. The van der Waals surface area contributed by atoms with Crippen molar-refractivity contribution in [2.45, 2.75) is 32.0 Å². The number of alkyl halides is 1. The number of rotatable bonds is 1. The molecule has 1 aliphatic heterocycles. The van der Waals surface area contributed by atoms with Gasteiger partial charge in [-0.05, 0) is 32.4 Å². The Morgan fingerprint density at radius 3 is 2.50 bits per heavy atom. The summed E-state index contributed by atoms with van der Waals surface area (Å²) >= 11 is 0. The summed E-state index contributed by atoms with van der Waals surface area (Å²) in [5.41, 5.74) is 1.17. The monoisotopic (exact) mass is 193 g/mol. The first-order valence-electron chi connectivity index (χ1n) is 5.08. The van der Waals surface area contributed by atoms with Gasteiger partial charge >= 0.3 is 0 Å². The predicted octanol–water partition coefficient (Wildman–Crippen LogP) is 2.76. The first kappa shape index (κ1) is 9.66. The summed E-state index contributed by atoms with van der Waals surface area (Å²) in [6.45, 7) is 4.49. The van der Waals surface area contributed by atoms with E-state index in [0.717, 1.165) is 12.1 Å². The Bertz CT molecular complexity index is 316. The number of hydrogen-bond donors (Lipinski definition) is 1. The zero-order valence-corrected chi connectivity index (χ0v) is 8.68. The first-order valence-corrected chi connectivity index (χ1v) is 5.08. The van der Waals surface area contributed by atoms with E-state index in [2.05, 4.69) is 5.32 Å². The van der Waals surface area contributed by atoms with Gasteiger partial charge in [0, 0.05) is 0 Å². The van der Waals surface area contributed by atoms with Crippen molar-refractivity contribution in [3.63, 3.8) is 0 Å². The van der Waals surface area contributed by atoms with Crippen LogP contribution in [0.3, 0.4) is 0 Å². The molecule has 0 aliphatic carbocycles. The van der Waals surface area contributed by atoms with Gasteiger partial charge in [-0.3, -0.25) is 0 Å². The van der Waals surface area contributed by atoms with Gasteiger partial charge in [-0.25, -0.2) is 4.39 Å². The lowest BCUT2D eigenvalue weighted by Gasteiger charge is -2.22. The topological polar surface area (TPSA) is 12.0 Å². The largest absolute Gasteiger partial charge is 0.307 e. The minimum absolute atomic E-state index is 0.136. The highest BCUT2D eigenvalue weighted by Crippen LogP contribution is 2.36. The van der Waals surface area contributed by atoms with Crippen LogP contribution in [0.4, 0.5) is 4.39 Å². The fourth-order valence-electron chi connectivity index (χ4n) is 2.04. The minimum atomic E-state index is -1.10. The molecule has 1 fully saturated rings. The average Bonchev–Trinajstić information content (AvgIpc) is 2.47. The van der Waals surface area contributed by atoms with Gasteiger partial charge < -0.3 is 5.32 Å². The SMILES string of the molecule is Cc1ccc(C2NCCC2(C)F)cc1. The molecule has 1 aromatic carbocycles. The lowest BCUT2D eigenvalue weighted by atomic mass is 9.93. The normalized spacial score (nSPS) is 32.1. The molecule has 0 saturated carbocycles. The van der Waals surface area contributed by atoms with Crippen LogP contribution >= 0.6 is 0 Å². The van der Waals surface area contributed by atoms with Crippen LogP contribution in [0.25, 0.3) is 0 Å². The molecule has 2 heteroatoms. The Kier molecular flexibility index (Phi) is 2.31. The first-order chi connectivity index (χ1) is 6.59. The third-order valence-electron chi connectivity index (χ3n) is 2.97. The van der Waals surface area contributed by atoms with Gasteiger partial charge in [-0.1, -0.05) is 29.8 Å². The molecular formula is C12H16FN. The molecule has 2 unspecified atom stereocenters. The Morgan fingerprint density at radius 2 is 2.00 bits per heavy atom. The average molecular weight is 193 g/mol. The molecule has 1 aliphatic rings. The second-order valence-electron chi connectivity index (χ2n) is 4.33. The molecule has 1 heterocycles. The van der Waals surface area contributed by atoms with Crippen LogP contribution in [0, 0.1) is 6.92 Å². The van der Waals surface area contributed by atoms with Gasteiger partial charge in [0.1, 0.15) is 5.67 Å². The highest BCUT2D eigenvalue weighted by molar-refractivity contribution is 5.27. The fourth-order valence-corrected chi connectivity index (χ4v) is 2.04. The Hall–Kier alpha value is -0.890. The Balaban J connectivity index is 2.27. The maximum absolute atomic E-state index is 14.0. The predicted molar refractivity (Wildman–Crippen MR) is 56.1 cm³/mol. The third-order valence-corrected chi connectivity index (χ3v) is 2.97. The molecule has 1 aromatic rings. The van der Waals surface area contributed by atoms with Gasteiger partial charge in [0.05, 0.1) is 6.04 Å². The van der Waals surface area contributed by atoms with Crippen molar-refractivity contribution >= 4 is 0 Å². The Labute approximate surface area is 84.3 Å². The van der Waals surface area contributed by atoms with Crippen LogP contribution in [0.5, 0.6) is 0 Å². The van der Waals surface area contributed by atoms with Crippen LogP contribution in [-0.4, -0.2) is 12.2 Å². The fraction of sp³-hybridized carbons (Fsp3) is 0.500. The molecule has 0 radical (unpaired) electrons. The van der Waals surface area contributed by atoms with E-state index in [-0.39, 0.29) is 6.04 Å². The number of aryl methyl sites for hydroxylation is 1. The van der Waals surface area contributed by atoms with Crippen molar-refractivity contribution in [3.05, 3.63) is 35.4 Å². The summed E-state index contributed by atoms with van der Waals surface area (Å²) in [7, 11) is 0. The van der Waals surface area contributed by atoms with E-state index in [4.69, 9.17) is 0 Å². The number of nitrogens with one attached hydrogen (secondary N) is 1. The molecule has 0 aromatic heterocycles. The van der Waals surface area contributed by atoms with Gasteiger partial charge in [0.25, 0.3) is 0 Å². The molecular weight excluding hydrogens is 177 g/mol. The van der Waals surface area contributed by atoms with E-state index >= 15 is 0 Å². The number of benzene rings is 1. The van der Waals surface area contributed by atoms with E-state index < -0.39 is 5.67 Å². The highest BCUT2D eigenvalue weighted by atomic mass is 19.1. The van der Waals surface area contributed by atoms with Crippen LogP contribution in [-0.2, 0) is 0 Å². The minimum Gasteiger partial charge on any atom is -0.307 e. The molecule has 1 saturated heterocycles. The van der Waals surface area contributed by atoms with Crippen molar-refractivity contribution in [3.8, 4) is 0 Å². The summed E-state index contributed by atoms with van der Waals surface area (Å²) < 4.78 is 14.0. The molecule has 1 N–H and O–H groups in total. The van der Waals surface area contributed by atoms with E-state index in [1.54, 1.807) is 6.92 Å². The summed E-state index contributed by atoms with van der Waals surface area (Å²) in [6.07, 6.45) is 0.603. The second kappa shape index (κ2) is 3.35. The lowest BCUT2D eigenvalue weighted by molar-refractivity contribution is 0.168. The van der Waals surface area contributed by atoms with Gasteiger partial charge in [0.15, 0.2) is 0 Å². The van der Waals surface area contributed by atoms with Crippen molar-refractivity contribution in [2.75, 3.05) is 6.54 Å². The van der Waals surface area contributed by atoms with Gasteiger partial charge in [-0.2, -0.15) is 0 Å². The van der Waals surface area contributed by atoms with E-state index in [9.17, 15) is 4.39 Å². The van der Waals surface area contributed by atoms with Crippen molar-refractivity contribution in [1.82, 2.24) is 5.32 Å². The molecule has 0 spiro atoms.